The Morgan fingerprint density at radius 1 is 1.06 bits per heavy atom. The molecule has 5 heteroatoms. The number of amides is 1. The molecule has 1 amide bonds. The number of carbonyl (C=O) groups is 1. The molecule has 102 valence electrons. The van der Waals surface area contributed by atoms with Crippen molar-refractivity contribution in [3.63, 3.8) is 0 Å². The Morgan fingerprint density at radius 2 is 1.59 bits per heavy atom. The van der Waals surface area contributed by atoms with E-state index >= 15 is 0 Å². The van der Waals surface area contributed by atoms with Crippen LogP contribution in [0, 0.1) is 5.41 Å². The molecule has 0 aromatic rings. The number of nitrogens with one attached hydrogen (secondary N) is 3. The summed E-state index contributed by atoms with van der Waals surface area (Å²) in [6.07, 6.45) is -0.341. The van der Waals surface area contributed by atoms with Gasteiger partial charge in [-0.2, -0.15) is 0 Å². The van der Waals surface area contributed by atoms with Gasteiger partial charge >= 0.3 is 6.09 Å². The Bertz CT molecular complexity index is 202. The van der Waals surface area contributed by atoms with E-state index in [0.29, 0.717) is 13.2 Å². The predicted molar refractivity (Wildman–Crippen MR) is 70.2 cm³/mol. The summed E-state index contributed by atoms with van der Waals surface area (Å²) >= 11 is 0. The highest BCUT2D eigenvalue weighted by Crippen LogP contribution is 2.14. The fourth-order valence-corrected chi connectivity index (χ4v) is 1.45. The molecular formula is C12H27N3O2. The lowest BCUT2D eigenvalue weighted by Crippen LogP contribution is -2.44. The maximum Gasteiger partial charge on any atom is 0.407 e. The van der Waals surface area contributed by atoms with Gasteiger partial charge in [-0.3, -0.25) is 0 Å². The molecule has 0 aromatic carbocycles. The molecule has 0 radical (unpaired) electrons. The van der Waals surface area contributed by atoms with E-state index in [0.717, 1.165) is 26.2 Å². The molecule has 0 unspecified atom stereocenters. The number of alkyl carbamates (subject to hydrolysis) is 1. The van der Waals surface area contributed by atoms with Crippen LogP contribution in [0.4, 0.5) is 4.79 Å². The Morgan fingerprint density at radius 3 is 2.00 bits per heavy atom. The number of ether oxygens (including phenoxy) is 1. The van der Waals surface area contributed by atoms with Gasteiger partial charge in [-0.15, -0.1) is 0 Å². The smallest absolute Gasteiger partial charge is 0.407 e. The Labute approximate surface area is 105 Å². The third-order valence-corrected chi connectivity index (χ3v) is 2.48. The number of rotatable bonds is 9. The maximum atomic E-state index is 11.3. The molecule has 0 heterocycles. The first-order valence-electron chi connectivity index (χ1n) is 6.40. The first-order valence-corrected chi connectivity index (χ1v) is 6.40. The van der Waals surface area contributed by atoms with E-state index in [1.165, 1.54) is 0 Å². The van der Waals surface area contributed by atoms with E-state index in [9.17, 15) is 4.79 Å². The molecular weight excluding hydrogens is 218 g/mol. The molecule has 0 atom stereocenters. The van der Waals surface area contributed by atoms with E-state index in [1.807, 2.05) is 6.92 Å². The van der Waals surface area contributed by atoms with Gasteiger partial charge in [0, 0.05) is 25.0 Å². The Hall–Kier alpha value is -0.810. The Balaban J connectivity index is 4.11. The summed E-state index contributed by atoms with van der Waals surface area (Å²) in [5.41, 5.74) is -0.0723. The van der Waals surface area contributed by atoms with Gasteiger partial charge in [0.1, 0.15) is 6.61 Å². The molecule has 17 heavy (non-hydrogen) atoms. The van der Waals surface area contributed by atoms with Crippen molar-refractivity contribution in [2.45, 2.75) is 27.7 Å². The van der Waals surface area contributed by atoms with Gasteiger partial charge in [0.25, 0.3) is 0 Å². The topological polar surface area (TPSA) is 62.4 Å². The van der Waals surface area contributed by atoms with Gasteiger partial charge in [-0.1, -0.05) is 20.8 Å². The summed E-state index contributed by atoms with van der Waals surface area (Å²) in [7, 11) is 0. The average Bonchev–Trinajstić information content (AvgIpc) is 2.32. The molecule has 0 spiro atoms. The summed E-state index contributed by atoms with van der Waals surface area (Å²) in [6, 6.07) is 0. The molecule has 0 saturated heterocycles. The van der Waals surface area contributed by atoms with E-state index in [2.05, 4.69) is 36.7 Å². The van der Waals surface area contributed by atoms with E-state index in [4.69, 9.17) is 4.74 Å². The highest BCUT2D eigenvalue weighted by atomic mass is 16.5. The minimum absolute atomic E-state index is 0.0723. The fourth-order valence-electron chi connectivity index (χ4n) is 1.45. The standard InChI is InChI=1S/C12H27N3O2/c1-5-13-8-12(4,9-14-6-2)10-17-11(16)15-7-3/h13-14H,5-10H2,1-4H3,(H,15,16). The summed E-state index contributed by atoms with van der Waals surface area (Å²) in [6.45, 7) is 12.6. The fraction of sp³-hybridized carbons (Fsp3) is 0.917. The normalized spacial score (nSPS) is 11.3. The van der Waals surface area contributed by atoms with E-state index in [1.54, 1.807) is 0 Å². The molecule has 0 rings (SSSR count). The third-order valence-electron chi connectivity index (χ3n) is 2.48. The molecule has 0 aliphatic heterocycles. The van der Waals surface area contributed by atoms with Crippen molar-refractivity contribution in [2.75, 3.05) is 39.3 Å². The molecule has 0 saturated carbocycles. The lowest BCUT2D eigenvalue weighted by Gasteiger charge is -2.29. The maximum absolute atomic E-state index is 11.3. The highest BCUT2D eigenvalue weighted by molar-refractivity contribution is 5.66. The lowest BCUT2D eigenvalue weighted by atomic mass is 9.91. The van der Waals surface area contributed by atoms with Crippen molar-refractivity contribution in [3.8, 4) is 0 Å². The van der Waals surface area contributed by atoms with Crippen LogP contribution >= 0.6 is 0 Å². The zero-order valence-corrected chi connectivity index (χ0v) is 11.6. The average molecular weight is 245 g/mol. The molecule has 0 bridgehead atoms. The minimum Gasteiger partial charge on any atom is -0.449 e. The Kier molecular flexibility index (Phi) is 8.80. The quantitative estimate of drug-likeness (QED) is 0.566. The highest BCUT2D eigenvalue weighted by Gasteiger charge is 2.25. The van der Waals surface area contributed by atoms with Gasteiger partial charge in [-0.25, -0.2) is 4.79 Å². The number of carbonyl (C=O) groups excluding carboxylic acids is 1. The predicted octanol–water partition coefficient (Wildman–Crippen LogP) is 0.958. The molecule has 0 aliphatic carbocycles. The summed E-state index contributed by atoms with van der Waals surface area (Å²) < 4.78 is 5.21. The monoisotopic (exact) mass is 245 g/mol. The summed E-state index contributed by atoms with van der Waals surface area (Å²) in [4.78, 5) is 11.3. The van der Waals surface area contributed by atoms with Crippen LogP contribution in [-0.4, -0.2) is 45.4 Å². The molecule has 5 nitrogen and oxygen atoms in total. The van der Waals surface area contributed by atoms with Crippen LogP contribution in [0.1, 0.15) is 27.7 Å². The van der Waals surface area contributed by atoms with Crippen molar-refractivity contribution >= 4 is 6.09 Å². The van der Waals surface area contributed by atoms with Crippen molar-refractivity contribution in [2.24, 2.45) is 5.41 Å². The second-order valence-electron chi connectivity index (χ2n) is 4.48. The first kappa shape index (κ1) is 16.2. The SMILES string of the molecule is CCNCC(C)(CNCC)COC(=O)NCC. The second kappa shape index (κ2) is 9.24. The lowest BCUT2D eigenvalue weighted by molar-refractivity contribution is 0.0898. The van der Waals surface area contributed by atoms with E-state index < -0.39 is 0 Å². The van der Waals surface area contributed by atoms with Crippen LogP contribution in [0.15, 0.2) is 0 Å². The summed E-state index contributed by atoms with van der Waals surface area (Å²) in [5.74, 6) is 0. The number of hydrogen-bond acceptors (Lipinski definition) is 4. The largest absolute Gasteiger partial charge is 0.449 e. The first-order chi connectivity index (χ1) is 8.08. The molecule has 0 aliphatic rings. The van der Waals surface area contributed by atoms with Crippen LogP contribution in [-0.2, 0) is 4.74 Å². The van der Waals surface area contributed by atoms with Gasteiger partial charge in [-0.05, 0) is 20.0 Å². The minimum atomic E-state index is -0.341. The van der Waals surface area contributed by atoms with Gasteiger partial charge in [0.15, 0.2) is 0 Å². The zero-order valence-electron chi connectivity index (χ0n) is 11.6. The van der Waals surface area contributed by atoms with Crippen molar-refractivity contribution in [1.82, 2.24) is 16.0 Å². The van der Waals surface area contributed by atoms with Crippen LogP contribution in [0.3, 0.4) is 0 Å². The van der Waals surface area contributed by atoms with Gasteiger partial charge in [0.2, 0.25) is 0 Å². The van der Waals surface area contributed by atoms with E-state index in [-0.39, 0.29) is 11.5 Å². The van der Waals surface area contributed by atoms with Gasteiger partial charge < -0.3 is 20.7 Å². The van der Waals surface area contributed by atoms with Crippen molar-refractivity contribution in [3.05, 3.63) is 0 Å². The molecule has 3 N–H and O–H groups in total. The van der Waals surface area contributed by atoms with Crippen molar-refractivity contribution in [1.29, 1.82) is 0 Å². The van der Waals surface area contributed by atoms with Crippen LogP contribution in [0.5, 0.6) is 0 Å². The summed E-state index contributed by atoms with van der Waals surface area (Å²) in [5, 5.41) is 9.23. The second-order valence-corrected chi connectivity index (χ2v) is 4.48. The number of hydrogen-bond donors (Lipinski definition) is 3. The van der Waals surface area contributed by atoms with Crippen LogP contribution in [0.2, 0.25) is 0 Å². The van der Waals surface area contributed by atoms with Crippen molar-refractivity contribution < 1.29 is 9.53 Å². The molecule has 0 fully saturated rings. The van der Waals surface area contributed by atoms with Crippen LogP contribution in [0.25, 0.3) is 0 Å². The molecule has 0 aromatic heterocycles. The van der Waals surface area contributed by atoms with Crippen LogP contribution < -0.4 is 16.0 Å². The zero-order chi connectivity index (χ0) is 13.1. The third kappa shape index (κ3) is 7.99. The van der Waals surface area contributed by atoms with Gasteiger partial charge in [0.05, 0.1) is 0 Å².